The van der Waals surface area contributed by atoms with E-state index in [1.807, 2.05) is 0 Å². The highest BCUT2D eigenvalue weighted by atomic mass is 32.2. The predicted octanol–water partition coefficient (Wildman–Crippen LogP) is 0.299. The molecule has 0 radical (unpaired) electrons. The summed E-state index contributed by atoms with van der Waals surface area (Å²) < 4.78 is 0. The Labute approximate surface area is 58.0 Å². The molecular weight excluding hydrogens is 140 g/mol. The molecule has 0 amide bonds. The summed E-state index contributed by atoms with van der Waals surface area (Å²) in [6, 6.07) is -0.653. The van der Waals surface area contributed by atoms with E-state index in [1.165, 1.54) is 18.7 Å². The van der Waals surface area contributed by atoms with Crippen LogP contribution in [0, 0.1) is 10.1 Å². The van der Waals surface area contributed by atoms with Crippen LogP contribution in [0.4, 0.5) is 0 Å². The molecule has 0 saturated heterocycles. The number of thioether (sulfide) groups is 1. The zero-order chi connectivity index (χ0) is 7.44. The van der Waals surface area contributed by atoms with Gasteiger partial charge in [0.05, 0.1) is 0 Å². The molecule has 0 aliphatic rings. The third-order valence-corrected chi connectivity index (χ3v) is 2.02. The highest BCUT2D eigenvalue weighted by Gasteiger charge is 2.20. The quantitative estimate of drug-likeness (QED) is 0.357. The van der Waals surface area contributed by atoms with Gasteiger partial charge < -0.3 is 5.73 Å². The zero-order valence-corrected chi connectivity index (χ0v) is 6.22. The maximum Gasteiger partial charge on any atom is 0.234 e. The Bertz CT molecular complexity index is 109. The van der Waals surface area contributed by atoms with Crippen LogP contribution in [0.5, 0.6) is 0 Å². The van der Waals surface area contributed by atoms with Crippen LogP contribution in [-0.4, -0.2) is 22.6 Å². The summed E-state index contributed by atoms with van der Waals surface area (Å²) in [6.45, 7) is 1.50. The van der Waals surface area contributed by atoms with Crippen LogP contribution >= 0.6 is 11.8 Å². The van der Waals surface area contributed by atoms with Crippen LogP contribution in [0.1, 0.15) is 6.92 Å². The van der Waals surface area contributed by atoms with Gasteiger partial charge in [0.1, 0.15) is 5.37 Å². The van der Waals surface area contributed by atoms with Crippen LogP contribution in [-0.2, 0) is 0 Å². The summed E-state index contributed by atoms with van der Waals surface area (Å²) in [5.74, 6) is 0. The third kappa shape index (κ3) is 2.67. The van der Waals surface area contributed by atoms with E-state index in [4.69, 9.17) is 5.73 Å². The first-order valence-corrected chi connectivity index (χ1v) is 3.80. The Kier molecular flexibility index (Phi) is 3.56. The fraction of sp³-hybridized carbons (Fsp3) is 1.00. The van der Waals surface area contributed by atoms with E-state index in [0.29, 0.717) is 0 Å². The largest absolute Gasteiger partial charge is 0.314 e. The van der Waals surface area contributed by atoms with E-state index in [2.05, 4.69) is 0 Å². The number of nitrogens with two attached hydrogens (primary N) is 1. The first kappa shape index (κ1) is 8.71. The molecule has 2 atom stereocenters. The van der Waals surface area contributed by atoms with Crippen molar-refractivity contribution in [3.05, 3.63) is 10.1 Å². The van der Waals surface area contributed by atoms with Crippen molar-refractivity contribution >= 4 is 11.8 Å². The normalized spacial score (nSPS) is 16.8. The second kappa shape index (κ2) is 3.68. The lowest BCUT2D eigenvalue weighted by Crippen LogP contribution is -2.34. The molecule has 54 valence electrons. The van der Waals surface area contributed by atoms with Crippen molar-refractivity contribution in [3.63, 3.8) is 0 Å². The molecule has 0 saturated carbocycles. The Morgan fingerprint density at radius 1 is 1.78 bits per heavy atom. The highest BCUT2D eigenvalue weighted by Crippen LogP contribution is 2.06. The summed E-state index contributed by atoms with van der Waals surface area (Å²) in [5, 5.41) is 9.62. The average Bonchev–Trinajstić information content (AvgIpc) is 1.84. The Morgan fingerprint density at radius 2 is 2.22 bits per heavy atom. The van der Waals surface area contributed by atoms with E-state index >= 15 is 0 Å². The van der Waals surface area contributed by atoms with Crippen molar-refractivity contribution < 1.29 is 4.92 Å². The van der Waals surface area contributed by atoms with E-state index in [9.17, 15) is 10.1 Å². The van der Waals surface area contributed by atoms with Crippen molar-refractivity contribution in [2.45, 2.75) is 18.3 Å². The number of hydrogen-bond donors (Lipinski definition) is 1. The number of nitro groups is 1. The van der Waals surface area contributed by atoms with E-state index < -0.39 is 6.04 Å². The van der Waals surface area contributed by atoms with Gasteiger partial charge >= 0.3 is 0 Å². The Morgan fingerprint density at radius 3 is 2.33 bits per heavy atom. The van der Waals surface area contributed by atoms with Gasteiger partial charge in [-0.3, -0.25) is 10.1 Å². The summed E-state index contributed by atoms with van der Waals surface area (Å²) in [7, 11) is 0. The maximum atomic E-state index is 10.0. The van der Waals surface area contributed by atoms with Gasteiger partial charge in [-0.2, -0.15) is 0 Å². The topological polar surface area (TPSA) is 69.2 Å². The molecule has 0 heterocycles. The van der Waals surface area contributed by atoms with Crippen LogP contribution in [0.25, 0.3) is 0 Å². The molecule has 0 bridgehead atoms. The van der Waals surface area contributed by atoms with Crippen molar-refractivity contribution in [1.29, 1.82) is 0 Å². The molecule has 0 spiro atoms. The van der Waals surface area contributed by atoms with Crippen LogP contribution in [0.15, 0.2) is 0 Å². The van der Waals surface area contributed by atoms with Crippen molar-refractivity contribution in [2.75, 3.05) is 6.26 Å². The minimum atomic E-state index is -0.653. The Balaban J connectivity index is 3.72. The lowest BCUT2D eigenvalue weighted by Gasteiger charge is -2.08. The van der Waals surface area contributed by atoms with Gasteiger partial charge in [-0.05, 0) is 6.26 Å². The molecule has 0 aromatic heterocycles. The van der Waals surface area contributed by atoms with Crippen molar-refractivity contribution in [3.8, 4) is 0 Å². The smallest absolute Gasteiger partial charge is 0.234 e. The van der Waals surface area contributed by atoms with E-state index in [-0.39, 0.29) is 10.3 Å². The van der Waals surface area contributed by atoms with Gasteiger partial charge in [-0.25, -0.2) is 0 Å². The molecule has 0 fully saturated rings. The number of nitrogens with zero attached hydrogens (tertiary/aromatic N) is 1. The maximum absolute atomic E-state index is 10.0. The molecule has 9 heavy (non-hydrogen) atoms. The highest BCUT2D eigenvalue weighted by molar-refractivity contribution is 7.99. The standard InChI is InChI=1S/C4H10N2O2S/c1-3(6(7)8)4(5)9-2/h3-4H,5H2,1-2H3. The summed E-state index contributed by atoms with van der Waals surface area (Å²) >= 11 is 1.30. The van der Waals surface area contributed by atoms with Crippen LogP contribution < -0.4 is 5.73 Å². The first-order chi connectivity index (χ1) is 4.09. The second-order valence-corrected chi connectivity index (χ2v) is 2.74. The van der Waals surface area contributed by atoms with E-state index in [1.54, 1.807) is 6.26 Å². The molecule has 0 aromatic rings. The van der Waals surface area contributed by atoms with Gasteiger partial charge in [0.15, 0.2) is 0 Å². The molecule has 0 aliphatic heterocycles. The summed E-state index contributed by atoms with van der Waals surface area (Å²) in [4.78, 5) is 9.64. The summed E-state index contributed by atoms with van der Waals surface area (Å²) in [6.07, 6.45) is 1.75. The van der Waals surface area contributed by atoms with Gasteiger partial charge in [0.2, 0.25) is 6.04 Å². The van der Waals surface area contributed by atoms with Gasteiger partial charge in [-0.15, -0.1) is 11.8 Å². The lowest BCUT2D eigenvalue weighted by atomic mass is 10.4. The molecule has 4 nitrogen and oxygen atoms in total. The molecule has 5 heteroatoms. The van der Waals surface area contributed by atoms with Crippen molar-refractivity contribution in [2.24, 2.45) is 5.73 Å². The minimum absolute atomic E-state index is 0.374. The van der Waals surface area contributed by atoms with Crippen LogP contribution in [0.3, 0.4) is 0 Å². The third-order valence-electron chi connectivity index (χ3n) is 1.08. The molecule has 0 aliphatic carbocycles. The predicted molar refractivity (Wildman–Crippen MR) is 37.9 cm³/mol. The lowest BCUT2D eigenvalue weighted by molar-refractivity contribution is -0.517. The Hall–Kier alpha value is -0.290. The fourth-order valence-corrected chi connectivity index (χ4v) is 0.810. The van der Waals surface area contributed by atoms with Gasteiger partial charge in [-0.1, -0.05) is 0 Å². The van der Waals surface area contributed by atoms with Crippen LogP contribution in [0.2, 0.25) is 0 Å². The molecular formula is C4H10N2O2S. The average molecular weight is 150 g/mol. The SMILES string of the molecule is CSC(N)C(C)[N+](=O)[O-]. The molecule has 2 N–H and O–H groups in total. The molecule has 0 rings (SSSR count). The minimum Gasteiger partial charge on any atom is -0.314 e. The number of rotatable bonds is 3. The summed E-state index contributed by atoms with van der Waals surface area (Å²) in [5.41, 5.74) is 5.34. The second-order valence-electron chi connectivity index (χ2n) is 1.73. The van der Waals surface area contributed by atoms with Crippen molar-refractivity contribution in [1.82, 2.24) is 0 Å². The fourth-order valence-electron chi connectivity index (χ4n) is 0.317. The van der Waals surface area contributed by atoms with Gasteiger partial charge in [0, 0.05) is 11.8 Å². The van der Waals surface area contributed by atoms with Gasteiger partial charge in [0.25, 0.3) is 0 Å². The molecule has 2 unspecified atom stereocenters. The number of hydrogen-bond acceptors (Lipinski definition) is 4. The molecule has 0 aromatic carbocycles. The first-order valence-electron chi connectivity index (χ1n) is 2.51. The monoisotopic (exact) mass is 150 g/mol. The van der Waals surface area contributed by atoms with E-state index in [0.717, 1.165) is 0 Å². The zero-order valence-electron chi connectivity index (χ0n) is 5.40.